The van der Waals surface area contributed by atoms with Crippen molar-refractivity contribution in [3.63, 3.8) is 0 Å². The van der Waals surface area contributed by atoms with Crippen LogP contribution in [0.25, 0.3) is 0 Å². The predicted molar refractivity (Wildman–Crippen MR) is 68.7 cm³/mol. The zero-order chi connectivity index (χ0) is 12.6. The number of nitrogens with two attached hydrogens (primary N) is 1. The van der Waals surface area contributed by atoms with Crippen LogP contribution in [-0.4, -0.2) is 19.7 Å². The molecule has 0 amide bonds. The highest BCUT2D eigenvalue weighted by Crippen LogP contribution is 2.30. The summed E-state index contributed by atoms with van der Waals surface area (Å²) in [5, 5.41) is -0.294. The number of sulfone groups is 1. The van der Waals surface area contributed by atoms with Crippen molar-refractivity contribution in [3.8, 4) is 0 Å². The van der Waals surface area contributed by atoms with Crippen LogP contribution in [0.5, 0.6) is 0 Å². The Morgan fingerprint density at radius 3 is 2.53 bits per heavy atom. The molecule has 0 heterocycles. The summed E-state index contributed by atoms with van der Waals surface area (Å²) < 4.78 is 25.0. The van der Waals surface area contributed by atoms with Crippen LogP contribution in [0, 0.1) is 13.8 Å². The molecule has 0 saturated heterocycles. The molecule has 0 bridgehead atoms. The summed E-state index contributed by atoms with van der Waals surface area (Å²) in [5.74, 6) is 0. The monoisotopic (exact) mass is 253 g/mol. The van der Waals surface area contributed by atoms with E-state index in [1.54, 1.807) is 6.07 Å². The van der Waals surface area contributed by atoms with Gasteiger partial charge in [-0.2, -0.15) is 0 Å². The average molecular weight is 253 g/mol. The zero-order valence-corrected chi connectivity index (χ0v) is 11.1. The van der Waals surface area contributed by atoms with Gasteiger partial charge in [-0.05, 0) is 50.3 Å². The van der Waals surface area contributed by atoms with Gasteiger partial charge in [-0.15, -0.1) is 0 Å². The van der Waals surface area contributed by atoms with Gasteiger partial charge in [0.2, 0.25) is 0 Å². The molecule has 1 aliphatic rings. The van der Waals surface area contributed by atoms with E-state index in [-0.39, 0.29) is 11.3 Å². The minimum atomic E-state index is -3.20. The van der Waals surface area contributed by atoms with Crippen molar-refractivity contribution in [2.75, 3.05) is 0 Å². The first kappa shape index (κ1) is 12.6. The fraction of sp³-hybridized carbons (Fsp3) is 0.538. The smallest absolute Gasteiger partial charge is 0.181 e. The largest absolute Gasteiger partial charge is 0.328 e. The Hall–Kier alpha value is -0.870. The number of aryl methyl sites for hydroxylation is 2. The molecule has 0 aliphatic heterocycles. The van der Waals surface area contributed by atoms with Gasteiger partial charge in [0.05, 0.1) is 10.1 Å². The van der Waals surface area contributed by atoms with E-state index >= 15 is 0 Å². The van der Waals surface area contributed by atoms with Crippen molar-refractivity contribution in [1.29, 1.82) is 0 Å². The Morgan fingerprint density at radius 2 is 1.94 bits per heavy atom. The van der Waals surface area contributed by atoms with Crippen LogP contribution in [0.1, 0.15) is 30.4 Å². The van der Waals surface area contributed by atoms with Crippen molar-refractivity contribution in [2.24, 2.45) is 5.73 Å². The molecule has 0 aromatic heterocycles. The average Bonchev–Trinajstić information content (AvgIpc) is 2.69. The first-order valence-corrected chi connectivity index (χ1v) is 7.52. The van der Waals surface area contributed by atoms with E-state index in [0.717, 1.165) is 17.5 Å². The van der Waals surface area contributed by atoms with E-state index in [1.165, 1.54) is 0 Å². The van der Waals surface area contributed by atoms with Crippen molar-refractivity contribution >= 4 is 9.84 Å². The fourth-order valence-electron chi connectivity index (χ4n) is 2.45. The lowest BCUT2D eigenvalue weighted by atomic mass is 10.2. The zero-order valence-electron chi connectivity index (χ0n) is 10.3. The van der Waals surface area contributed by atoms with Gasteiger partial charge in [0, 0.05) is 6.04 Å². The summed E-state index contributed by atoms with van der Waals surface area (Å²) in [4.78, 5) is 0.483. The normalized spacial score (nSPS) is 25.1. The van der Waals surface area contributed by atoms with Gasteiger partial charge in [0.1, 0.15) is 0 Å². The molecule has 2 unspecified atom stereocenters. The maximum absolute atomic E-state index is 12.5. The summed E-state index contributed by atoms with van der Waals surface area (Å²) in [6.07, 6.45) is 2.10. The van der Waals surface area contributed by atoms with E-state index in [2.05, 4.69) is 0 Å². The summed E-state index contributed by atoms with van der Waals surface area (Å²) in [6, 6.07) is 5.63. The third-order valence-corrected chi connectivity index (χ3v) is 5.87. The Morgan fingerprint density at radius 1 is 1.24 bits per heavy atom. The van der Waals surface area contributed by atoms with Crippen LogP contribution < -0.4 is 5.73 Å². The molecule has 2 atom stereocenters. The van der Waals surface area contributed by atoms with Crippen LogP contribution in [0.4, 0.5) is 0 Å². The second kappa shape index (κ2) is 4.42. The minimum absolute atomic E-state index is 0.0416. The second-order valence-corrected chi connectivity index (χ2v) is 7.21. The van der Waals surface area contributed by atoms with Gasteiger partial charge in [-0.25, -0.2) is 8.42 Å². The highest BCUT2D eigenvalue weighted by atomic mass is 32.2. The molecule has 1 saturated carbocycles. The van der Waals surface area contributed by atoms with Crippen molar-refractivity contribution in [1.82, 2.24) is 0 Å². The first-order chi connectivity index (χ1) is 7.91. The number of hydrogen-bond donors (Lipinski definition) is 1. The van der Waals surface area contributed by atoms with Gasteiger partial charge in [-0.1, -0.05) is 12.1 Å². The molecule has 1 fully saturated rings. The van der Waals surface area contributed by atoms with Crippen molar-refractivity contribution < 1.29 is 8.42 Å². The quantitative estimate of drug-likeness (QED) is 0.876. The van der Waals surface area contributed by atoms with E-state index in [4.69, 9.17) is 5.73 Å². The molecule has 17 heavy (non-hydrogen) atoms. The lowest BCUT2D eigenvalue weighted by Crippen LogP contribution is -2.22. The summed E-state index contributed by atoms with van der Waals surface area (Å²) >= 11 is 0. The maximum atomic E-state index is 12.5. The summed E-state index contributed by atoms with van der Waals surface area (Å²) in [6.45, 7) is 3.76. The van der Waals surface area contributed by atoms with E-state index in [1.807, 2.05) is 26.0 Å². The molecule has 3 nitrogen and oxygen atoms in total. The predicted octanol–water partition coefficient (Wildman–Crippen LogP) is 1.96. The Balaban J connectivity index is 2.41. The molecular formula is C13H19NO2S. The van der Waals surface area contributed by atoms with Crippen LogP contribution in [-0.2, 0) is 9.84 Å². The molecule has 1 aromatic rings. The highest BCUT2D eigenvalue weighted by molar-refractivity contribution is 7.92. The molecular weight excluding hydrogens is 234 g/mol. The Bertz CT molecular complexity index is 522. The minimum Gasteiger partial charge on any atom is -0.328 e. The van der Waals surface area contributed by atoms with Crippen LogP contribution >= 0.6 is 0 Å². The van der Waals surface area contributed by atoms with Gasteiger partial charge in [0.15, 0.2) is 9.84 Å². The molecule has 0 spiro atoms. The highest BCUT2D eigenvalue weighted by Gasteiger charge is 2.34. The number of hydrogen-bond acceptors (Lipinski definition) is 3. The Kier molecular flexibility index (Phi) is 3.27. The first-order valence-electron chi connectivity index (χ1n) is 5.98. The SMILES string of the molecule is Cc1ccc(C)c(S(=O)(=O)C2CCC(N)C2)c1. The number of benzene rings is 1. The lowest BCUT2D eigenvalue weighted by Gasteiger charge is -2.14. The maximum Gasteiger partial charge on any atom is 0.181 e. The van der Waals surface area contributed by atoms with E-state index < -0.39 is 9.84 Å². The number of rotatable bonds is 2. The molecule has 4 heteroatoms. The van der Waals surface area contributed by atoms with Crippen molar-refractivity contribution in [2.45, 2.75) is 49.3 Å². The van der Waals surface area contributed by atoms with Gasteiger partial charge in [0.25, 0.3) is 0 Å². The van der Waals surface area contributed by atoms with E-state index in [0.29, 0.717) is 17.7 Å². The standard InChI is InChI=1S/C13H19NO2S/c1-9-3-4-10(2)13(7-9)17(15,16)12-6-5-11(14)8-12/h3-4,7,11-12H,5-6,8,14H2,1-2H3. The lowest BCUT2D eigenvalue weighted by molar-refractivity contribution is 0.577. The van der Waals surface area contributed by atoms with Gasteiger partial charge >= 0.3 is 0 Å². The molecule has 1 aliphatic carbocycles. The van der Waals surface area contributed by atoms with Crippen LogP contribution in [0.2, 0.25) is 0 Å². The molecule has 94 valence electrons. The summed E-state index contributed by atoms with van der Waals surface area (Å²) in [7, 11) is -3.20. The molecule has 1 aromatic carbocycles. The Labute approximate surface area is 103 Å². The second-order valence-electron chi connectivity index (χ2n) is 5.01. The third kappa shape index (κ3) is 2.38. The summed E-state index contributed by atoms with van der Waals surface area (Å²) in [5.41, 5.74) is 7.62. The van der Waals surface area contributed by atoms with Crippen LogP contribution in [0.3, 0.4) is 0 Å². The van der Waals surface area contributed by atoms with Gasteiger partial charge in [-0.3, -0.25) is 0 Å². The van der Waals surface area contributed by atoms with Crippen LogP contribution in [0.15, 0.2) is 23.1 Å². The third-order valence-electron chi connectivity index (χ3n) is 3.51. The van der Waals surface area contributed by atoms with E-state index in [9.17, 15) is 8.42 Å². The molecule has 2 N–H and O–H groups in total. The molecule has 2 rings (SSSR count). The molecule has 0 radical (unpaired) electrons. The topological polar surface area (TPSA) is 60.2 Å². The van der Waals surface area contributed by atoms with Gasteiger partial charge < -0.3 is 5.73 Å². The fourth-order valence-corrected chi connectivity index (χ4v) is 4.62. The van der Waals surface area contributed by atoms with Crippen molar-refractivity contribution in [3.05, 3.63) is 29.3 Å².